The molecule has 22 heavy (non-hydrogen) atoms. The van der Waals surface area contributed by atoms with E-state index in [4.69, 9.17) is 5.73 Å². The van der Waals surface area contributed by atoms with Crippen LogP contribution in [0.2, 0.25) is 0 Å². The van der Waals surface area contributed by atoms with Crippen molar-refractivity contribution in [1.82, 2.24) is 14.5 Å². The standard InChI is InChI=1S/C16H26N4O2/c1-10(2)19-7-5-11(6-8-19)15-18-14(16(21)22)13-4-3-12(17)9-20(13)15/h10-12H,3-9,17H2,1-2H3,(H,21,22). The molecular formula is C16H26N4O2. The molecule has 0 saturated carbocycles. The van der Waals surface area contributed by atoms with E-state index < -0.39 is 5.97 Å². The number of piperidine rings is 1. The Hall–Kier alpha value is -1.40. The van der Waals surface area contributed by atoms with Gasteiger partial charge in [0.05, 0.1) is 5.69 Å². The largest absolute Gasteiger partial charge is 0.476 e. The summed E-state index contributed by atoms with van der Waals surface area (Å²) in [7, 11) is 0. The number of likely N-dealkylation sites (tertiary alicyclic amines) is 1. The molecule has 1 aromatic rings. The zero-order valence-electron chi connectivity index (χ0n) is 13.5. The first-order valence-corrected chi connectivity index (χ1v) is 8.29. The number of carboxylic acid groups (broad SMARTS) is 1. The van der Waals surface area contributed by atoms with Gasteiger partial charge in [-0.05, 0) is 52.6 Å². The first kappa shape index (κ1) is 15.5. The van der Waals surface area contributed by atoms with Crippen molar-refractivity contribution >= 4 is 5.97 Å². The van der Waals surface area contributed by atoms with Gasteiger partial charge in [0.1, 0.15) is 5.82 Å². The van der Waals surface area contributed by atoms with Crippen LogP contribution < -0.4 is 5.73 Å². The maximum absolute atomic E-state index is 11.5. The SMILES string of the molecule is CC(C)N1CCC(c2nc(C(=O)O)c3n2CC(N)CC3)CC1. The van der Waals surface area contributed by atoms with E-state index in [9.17, 15) is 9.90 Å². The molecule has 1 fully saturated rings. The highest BCUT2D eigenvalue weighted by molar-refractivity contribution is 5.87. The van der Waals surface area contributed by atoms with Crippen molar-refractivity contribution in [3.63, 3.8) is 0 Å². The third-order valence-electron chi connectivity index (χ3n) is 5.10. The van der Waals surface area contributed by atoms with Crippen molar-refractivity contribution in [3.05, 3.63) is 17.2 Å². The average molecular weight is 306 g/mol. The first-order valence-electron chi connectivity index (χ1n) is 8.29. The first-order chi connectivity index (χ1) is 10.5. The van der Waals surface area contributed by atoms with E-state index >= 15 is 0 Å². The molecule has 0 radical (unpaired) electrons. The monoisotopic (exact) mass is 306 g/mol. The van der Waals surface area contributed by atoms with Crippen molar-refractivity contribution in [1.29, 1.82) is 0 Å². The molecule has 2 aliphatic rings. The Kier molecular flexibility index (Phi) is 4.23. The van der Waals surface area contributed by atoms with Gasteiger partial charge in [-0.2, -0.15) is 0 Å². The third-order valence-corrected chi connectivity index (χ3v) is 5.10. The lowest BCUT2D eigenvalue weighted by atomic mass is 9.94. The molecule has 0 bridgehead atoms. The van der Waals surface area contributed by atoms with Gasteiger partial charge >= 0.3 is 5.97 Å². The number of fused-ring (bicyclic) bond motifs is 1. The minimum Gasteiger partial charge on any atom is -0.476 e. The number of carbonyl (C=O) groups is 1. The fraction of sp³-hybridized carbons (Fsp3) is 0.750. The predicted molar refractivity (Wildman–Crippen MR) is 84.2 cm³/mol. The van der Waals surface area contributed by atoms with Crippen LogP contribution in [0.5, 0.6) is 0 Å². The maximum Gasteiger partial charge on any atom is 0.356 e. The number of hydrogen-bond acceptors (Lipinski definition) is 4. The molecule has 0 aliphatic carbocycles. The molecule has 1 saturated heterocycles. The lowest BCUT2D eigenvalue weighted by molar-refractivity contribution is 0.0689. The van der Waals surface area contributed by atoms with Crippen LogP contribution in [-0.2, 0) is 13.0 Å². The van der Waals surface area contributed by atoms with E-state index in [0.717, 1.165) is 50.3 Å². The minimum atomic E-state index is -0.912. The molecule has 3 heterocycles. The Labute approximate surface area is 131 Å². The van der Waals surface area contributed by atoms with Gasteiger partial charge in [-0.1, -0.05) is 0 Å². The van der Waals surface area contributed by atoms with E-state index in [1.165, 1.54) is 0 Å². The van der Waals surface area contributed by atoms with Crippen molar-refractivity contribution in [2.75, 3.05) is 13.1 Å². The Bertz CT molecular complexity index is 559. The number of carboxylic acids is 1. The highest BCUT2D eigenvalue weighted by atomic mass is 16.4. The number of rotatable bonds is 3. The van der Waals surface area contributed by atoms with Gasteiger partial charge < -0.3 is 20.3 Å². The van der Waals surface area contributed by atoms with Crippen LogP contribution in [0.4, 0.5) is 0 Å². The lowest BCUT2D eigenvalue weighted by Crippen LogP contribution is -2.39. The minimum absolute atomic E-state index is 0.109. The van der Waals surface area contributed by atoms with Crippen molar-refractivity contribution in [2.24, 2.45) is 5.73 Å². The number of imidazole rings is 1. The molecule has 1 unspecified atom stereocenters. The highest BCUT2D eigenvalue weighted by Crippen LogP contribution is 2.32. The summed E-state index contributed by atoms with van der Waals surface area (Å²) in [6, 6.07) is 0.677. The highest BCUT2D eigenvalue weighted by Gasteiger charge is 2.32. The summed E-state index contributed by atoms with van der Waals surface area (Å²) in [6.45, 7) is 7.26. The van der Waals surface area contributed by atoms with Gasteiger partial charge in [0.25, 0.3) is 0 Å². The zero-order chi connectivity index (χ0) is 15.9. The van der Waals surface area contributed by atoms with E-state index in [2.05, 4.69) is 28.3 Å². The van der Waals surface area contributed by atoms with Crippen LogP contribution in [0.25, 0.3) is 0 Å². The number of nitrogens with two attached hydrogens (primary N) is 1. The fourth-order valence-corrected chi connectivity index (χ4v) is 3.77. The molecule has 6 heteroatoms. The van der Waals surface area contributed by atoms with E-state index in [1.54, 1.807) is 0 Å². The molecule has 0 amide bonds. The molecule has 1 atom stereocenters. The summed E-state index contributed by atoms with van der Waals surface area (Å²) in [5, 5.41) is 9.42. The van der Waals surface area contributed by atoms with Crippen molar-refractivity contribution in [3.8, 4) is 0 Å². The molecule has 3 rings (SSSR count). The van der Waals surface area contributed by atoms with E-state index in [-0.39, 0.29) is 11.7 Å². The summed E-state index contributed by atoms with van der Waals surface area (Å²) in [6.07, 6.45) is 3.66. The molecule has 0 aromatic carbocycles. The number of aromatic carboxylic acids is 1. The van der Waals surface area contributed by atoms with Crippen LogP contribution in [0.1, 0.15) is 61.0 Å². The van der Waals surface area contributed by atoms with Crippen molar-refractivity contribution < 1.29 is 9.90 Å². The van der Waals surface area contributed by atoms with Gasteiger partial charge in [-0.15, -0.1) is 0 Å². The van der Waals surface area contributed by atoms with Gasteiger partial charge in [-0.25, -0.2) is 9.78 Å². The number of aromatic nitrogens is 2. The molecule has 6 nitrogen and oxygen atoms in total. The Morgan fingerprint density at radius 3 is 2.59 bits per heavy atom. The Morgan fingerprint density at radius 2 is 2.00 bits per heavy atom. The fourth-order valence-electron chi connectivity index (χ4n) is 3.77. The van der Waals surface area contributed by atoms with Crippen LogP contribution in [0, 0.1) is 0 Å². The van der Waals surface area contributed by atoms with Gasteiger partial charge in [0, 0.05) is 24.5 Å². The molecule has 0 spiro atoms. The molecule has 2 aliphatic heterocycles. The van der Waals surface area contributed by atoms with Crippen LogP contribution in [-0.4, -0.2) is 50.7 Å². The van der Waals surface area contributed by atoms with Gasteiger partial charge in [0.15, 0.2) is 5.69 Å². The second-order valence-corrected chi connectivity index (χ2v) is 6.88. The smallest absolute Gasteiger partial charge is 0.356 e. The Morgan fingerprint density at radius 1 is 1.32 bits per heavy atom. The molecule has 1 aromatic heterocycles. The summed E-state index contributed by atoms with van der Waals surface area (Å²) >= 11 is 0. The number of hydrogen-bond donors (Lipinski definition) is 2. The second-order valence-electron chi connectivity index (χ2n) is 6.88. The lowest BCUT2D eigenvalue weighted by Gasteiger charge is -2.35. The molecule has 122 valence electrons. The van der Waals surface area contributed by atoms with E-state index in [1.807, 2.05) is 0 Å². The predicted octanol–water partition coefficient (Wildman–Crippen LogP) is 1.44. The summed E-state index contributed by atoms with van der Waals surface area (Å²) in [5.41, 5.74) is 7.21. The van der Waals surface area contributed by atoms with Crippen LogP contribution in [0.15, 0.2) is 0 Å². The van der Waals surface area contributed by atoms with Crippen LogP contribution >= 0.6 is 0 Å². The average Bonchev–Trinajstić information content (AvgIpc) is 2.86. The van der Waals surface area contributed by atoms with Crippen molar-refractivity contribution in [2.45, 2.75) is 64.1 Å². The maximum atomic E-state index is 11.5. The van der Waals surface area contributed by atoms with Gasteiger partial charge in [-0.3, -0.25) is 0 Å². The summed E-state index contributed by atoms with van der Waals surface area (Å²) in [4.78, 5) is 18.5. The normalized spacial score (nSPS) is 23.7. The van der Waals surface area contributed by atoms with E-state index in [0.29, 0.717) is 18.5 Å². The third kappa shape index (κ3) is 2.77. The summed E-state index contributed by atoms with van der Waals surface area (Å²) < 4.78 is 2.10. The zero-order valence-corrected chi connectivity index (χ0v) is 13.5. The van der Waals surface area contributed by atoms with Crippen LogP contribution in [0.3, 0.4) is 0 Å². The van der Waals surface area contributed by atoms with Gasteiger partial charge in [0.2, 0.25) is 0 Å². The summed E-state index contributed by atoms with van der Waals surface area (Å²) in [5.74, 6) is 0.392. The molecular weight excluding hydrogens is 280 g/mol. The number of nitrogens with zero attached hydrogens (tertiary/aromatic N) is 3. The molecule has 3 N–H and O–H groups in total. The Balaban J connectivity index is 1.86. The quantitative estimate of drug-likeness (QED) is 0.883. The topological polar surface area (TPSA) is 84.4 Å². The second kappa shape index (κ2) is 6.01.